The van der Waals surface area contributed by atoms with E-state index < -0.39 is 17.7 Å². The highest BCUT2D eigenvalue weighted by molar-refractivity contribution is 6.16. The first-order valence-electron chi connectivity index (χ1n) is 10.7. The molecular weight excluding hydrogens is 419 g/mol. The Morgan fingerprint density at radius 2 is 1.82 bits per heavy atom. The maximum absolute atomic E-state index is 14.6. The number of hydrogen-bond acceptors (Lipinski definition) is 5. The van der Waals surface area contributed by atoms with Gasteiger partial charge in [-0.15, -0.1) is 0 Å². The zero-order valence-electron chi connectivity index (χ0n) is 18.6. The molecule has 0 radical (unpaired) electrons. The molecule has 0 N–H and O–H groups in total. The summed E-state index contributed by atoms with van der Waals surface area (Å²) in [6.07, 6.45) is 1.57. The Bertz CT molecular complexity index is 1170. The zero-order valence-corrected chi connectivity index (χ0v) is 18.6. The van der Waals surface area contributed by atoms with Crippen LogP contribution in [0.15, 0.2) is 71.7 Å². The maximum Gasteiger partial charge on any atom is 0.293 e. The van der Waals surface area contributed by atoms with Gasteiger partial charge in [-0.05, 0) is 42.4 Å². The Kier molecular flexibility index (Phi) is 6.75. The van der Waals surface area contributed by atoms with Gasteiger partial charge in [-0.25, -0.2) is 4.39 Å². The third kappa shape index (κ3) is 4.91. The predicted molar refractivity (Wildman–Crippen MR) is 126 cm³/mol. The van der Waals surface area contributed by atoms with Crippen molar-refractivity contribution in [1.82, 2.24) is 4.90 Å². The molecule has 6 heteroatoms. The molecule has 33 heavy (non-hydrogen) atoms. The highest BCUT2D eigenvalue weighted by Crippen LogP contribution is 2.39. The van der Waals surface area contributed by atoms with Gasteiger partial charge < -0.3 is 9.64 Å². The number of carbonyl (C=O) groups excluding carboxylic acids is 2. The highest BCUT2D eigenvalue weighted by atomic mass is 19.1. The number of hydrogen-bond donors (Lipinski definition) is 0. The molecular formula is C27H25FN2O3. The van der Waals surface area contributed by atoms with Gasteiger partial charge >= 0.3 is 0 Å². The summed E-state index contributed by atoms with van der Waals surface area (Å²) < 4.78 is 19.7. The van der Waals surface area contributed by atoms with E-state index in [-0.39, 0.29) is 12.4 Å². The van der Waals surface area contributed by atoms with E-state index in [9.17, 15) is 14.0 Å². The summed E-state index contributed by atoms with van der Waals surface area (Å²) in [7, 11) is 3.98. The summed E-state index contributed by atoms with van der Waals surface area (Å²) in [5.41, 5.74) is 3.89. The van der Waals surface area contributed by atoms with E-state index in [4.69, 9.17) is 4.74 Å². The molecule has 1 heterocycles. The lowest BCUT2D eigenvalue weighted by atomic mass is 9.81. The molecule has 5 nitrogen and oxygen atoms in total. The summed E-state index contributed by atoms with van der Waals surface area (Å²) in [4.78, 5) is 31.1. The number of nitrogens with zero attached hydrogens (tertiary/aromatic N) is 2. The lowest BCUT2D eigenvalue weighted by molar-refractivity contribution is -0.128. The summed E-state index contributed by atoms with van der Waals surface area (Å²) in [6, 6.07) is 19.8. The summed E-state index contributed by atoms with van der Waals surface area (Å²) >= 11 is 0. The first-order chi connectivity index (χ1) is 16.0. The van der Waals surface area contributed by atoms with E-state index in [0.717, 1.165) is 23.2 Å². The zero-order chi connectivity index (χ0) is 23.4. The van der Waals surface area contributed by atoms with E-state index in [1.54, 1.807) is 6.21 Å². The Hall–Kier alpha value is -3.64. The third-order valence-electron chi connectivity index (χ3n) is 5.75. The molecule has 0 bridgehead atoms. The van der Waals surface area contributed by atoms with Gasteiger partial charge in [0.2, 0.25) is 0 Å². The molecule has 4 rings (SSSR count). The van der Waals surface area contributed by atoms with Crippen LogP contribution in [0.5, 0.6) is 0 Å². The normalized spacial score (nSPS) is 15.9. The van der Waals surface area contributed by atoms with E-state index in [2.05, 4.69) is 9.89 Å². The molecule has 168 valence electrons. The first kappa shape index (κ1) is 22.6. The molecule has 1 aliphatic rings. The van der Waals surface area contributed by atoms with Crippen LogP contribution >= 0.6 is 0 Å². The van der Waals surface area contributed by atoms with Crippen LogP contribution in [0.1, 0.15) is 44.4 Å². The van der Waals surface area contributed by atoms with E-state index in [1.807, 2.05) is 68.7 Å². The fourth-order valence-corrected chi connectivity index (χ4v) is 4.26. The molecule has 3 aromatic carbocycles. The minimum absolute atomic E-state index is 0.0145. The van der Waals surface area contributed by atoms with Crippen molar-refractivity contribution in [3.05, 3.63) is 100 Å². The second-order valence-electron chi connectivity index (χ2n) is 8.38. The van der Waals surface area contributed by atoms with Crippen molar-refractivity contribution in [3.8, 4) is 0 Å². The smallest absolute Gasteiger partial charge is 0.293 e. The Balaban J connectivity index is 1.79. The van der Waals surface area contributed by atoms with Crippen LogP contribution in [0, 0.1) is 5.82 Å². The lowest BCUT2D eigenvalue weighted by Crippen LogP contribution is -2.22. The third-order valence-corrected chi connectivity index (χ3v) is 5.75. The van der Waals surface area contributed by atoms with Crippen molar-refractivity contribution >= 4 is 24.2 Å². The molecule has 0 fully saturated rings. The van der Waals surface area contributed by atoms with Crippen LogP contribution in [0.4, 0.5) is 10.1 Å². The van der Waals surface area contributed by atoms with Crippen LogP contribution in [-0.4, -0.2) is 44.1 Å². The molecule has 0 spiro atoms. The van der Waals surface area contributed by atoms with Gasteiger partial charge in [0.05, 0.1) is 11.6 Å². The summed E-state index contributed by atoms with van der Waals surface area (Å²) in [6.45, 7) is 1.13. The number of halogens is 1. The fraction of sp³-hybridized carbons (Fsp3) is 0.222. The minimum Gasteiger partial charge on any atom is -0.467 e. The van der Waals surface area contributed by atoms with Crippen LogP contribution in [0.25, 0.3) is 0 Å². The van der Waals surface area contributed by atoms with Crippen molar-refractivity contribution in [2.24, 2.45) is 4.99 Å². The number of aliphatic imine (C=N–C) groups is 1. The quantitative estimate of drug-likeness (QED) is 0.465. The lowest BCUT2D eigenvalue weighted by Gasteiger charge is -2.25. The molecule has 2 unspecified atom stereocenters. The monoisotopic (exact) mass is 444 g/mol. The topological polar surface area (TPSA) is 59.0 Å². The molecule has 0 aromatic heterocycles. The van der Waals surface area contributed by atoms with Gasteiger partial charge in [0.25, 0.3) is 6.47 Å². The fourth-order valence-electron chi connectivity index (χ4n) is 4.26. The van der Waals surface area contributed by atoms with E-state index in [1.165, 1.54) is 12.1 Å². The summed E-state index contributed by atoms with van der Waals surface area (Å²) in [5.74, 6) is -1.71. The average molecular weight is 445 g/mol. The van der Waals surface area contributed by atoms with Crippen molar-refractivity contribution in [2.45, 2.75) is 18.4 Å². The SMILES string of the molecule is CN(C)Cc1ccc(C(COC=O)c2cc(F)cc3c2C(=O)C(c2ccccc2)C=N3)cc1. The number of rotatable bonds is 8. The highest BCUT2D eigenvalue weighted by Gasteiger charge is 2.32. The Morgan fingerprint density at radius 1 is 1.09 bits per heavy atom. The molecule has 0 aliphatic carbocycles. The van der Waals surface area contributed by atoms with Crippen molar-refractivity contribution in [2.75, 3.05) is 20.7 Å². The number of benzene rings is 3. The number of Topliss-reactive ketones (excluding diaryl/α,β-unsaturated/α-hetero) is 1. The first-order valence-corrected chi connectivity index (χ1v) is 10.7. The molecule has 1 aliphatic heterocycles. The number of fused-ring (bicyclic) bond motifs is 1. The molecule has 0 saturated heterocycles. The van der Waals surface area contributed by atoms with Crippen LogP contribution in [0.3, 0.4) is 0 Å². The second-order valence-corrected chi connectivity index (χ2v) is 8.38. The van der Waals surface area contributed by atoms with Gasteiger partial charge in [0.15, 0.2) is 5.78 Å². The van der Waals surface area contributed by atoms with Crippen molar-refractivity contribution in [3.63, 3.8) is 0 Å². The molecule has 3 aromatic rings. The Labute approximate surface area is 192 Å². The van der Waals surface area contributed by atoms with Crippen molar-refractivity contribution < 1.29 is 18.7 Å². The second kappa shape index (κ2) is 9.88. The molecule has 0 amide bonds. The van der Waals surface area contributed by atoms with E-state index in [0.29, 0.717) is 23.3 Å². The van der Waals surface area contributed by atoms with Gasteiger partial charge in [-0.1, -0.05) is 54.6 Å². The van der Waals surface area contributed by atoms with Gasteiger partial charge in [0.1, 0.15) is 12.4 Å². The maximum atomic E-state index is 14.6. The average Bonchev–Trinajstić information content (AvgIpc) is 2.80. The van der Waals surface area contributed by atoms with E-state index >= 15 is 0 Å². The largest absolute Gasteiger partial charge is 0.467 e. The van der Waals surface area contributed by atoms with Crippen LogP contribution < -0.4 is 0 Å². The molecule has 2 atom stereocenters. The summed E-state index contributed by atoms with van der Waals surface area (Å²) in [5, 5.41) is 0. The number of carbonyl (C=O) groups is 2. The van der Waals surface area contributed by atoms with Gasteiger partial charge in [0, 0.05) is 30.3 Å². The minimum atomic E-state index is -0.557. The van der Waals surface area contributed by atoms with Gasteiger partial charge in [-0.3, -0.25) is 14.6 Å². The number of ketones is 1. The predicted octanol–water partition coefficient (Wildman–Crippen LogP) is 4.87. The van der Waals surface area contributed by atoms with Crippen LogP contribution in [-0.2, 0) is 16.1 Å². The van der Waals surface area contributed by atoms with Crippen LogP contribution in [0.2, 0.25) is 0 Å². The molecule has 0 saturated carbocycles. The Morgan fingerprint density at radius 3 is 2.48 bits per heavy atom. The standard InChI is InChI=1S/C27H25FN2O3/c1-30(2)15-18-8-10-20(11-9-18)24(16-33-17-31)22-12-21(28)13-25-26(22)27(32)23(14-29-25)19-6-4-3-5-7-19/h3-14,17,23-24H,15-16H2,1-2H3. The van der Waals surface area contributed by atoms with Crippen molar-refractivity contribution in [1.29, 1.82) is 0 Å². The van der Waals surface area contributed by atoms with Gasteiger partial charge in [-0.2, -0.15) is 0 Å². The number of ether oxygens (including phenoxy) is 1.